The SMILES string of the molecule is COC(=O)C[C@@H]1N=C(c2ccc(-c3ccnc(S(C)(=O)=O)n3)cc2)c2c(sc(C)c2C)-n2c(C)nnc21. The number of sulfone groups is 1. The first-order valence-corrected chi connectivity index (χ1v) is 14.1. The van der Waals surface area contributed by atoms with E-state index in [0.717, 1.165) is 44.1 Å². The Morgan fingerprint density at radius 3 is 2.46 bits per heavy atom. The van der Waals surface area contributed by atoms with Gasteiger partial charge in [0.1, 0.15) is 16.9 Å². The summed E-state index contributed by atoms with van der Waals surface area (Å²) in [5, 5.41) is 9.38. The van der Waals surface area contributed by atoms with E-state index in [1.54, 1.807) is 17.4 Å². The van der Waals surface area contributed by atoms with Crippen LogP contribution in [0.4, 0.5) is 0 Å². The Kier molecular flexibility index (Phi) is 6.24. The summed E-state index contributed by atoms with van der Waals surface area (Å²) in [5.41, 5.74) is 4.87. The van der Waals surface area contributed by atoms with Gasteiger partial charge in [0.15, 0.2) is 5.82 Å². The first kappa shape index (κ1) is 24.9. The van der Waals surface area contributed by atoms with E-state index in [9.17, 15) is 13.2 Å². The molecule has 190 valence electrons. The van der Waals surface area contributed by atoms with E-state index >= 15 is 0 Å². The predicted molar refractivity (Wildman–Crippen MR) is 139 cm³/mol. The number of aliphatic imine (C=N–C) groups is 1. The van der Waals surface area contributed by atoms with E-state index in [4.69, 9.17) is 9.73 Å². The van der Waals surface area contributed by atoms with Gasteiger partial charge in [-0.3, -0.25) is 14.4 Å². The largest absolute Gasteiger partial charge is 0.469 e. The first-order valence-electron chi connectivity index (χ1n) is 11.4. The number of hydrogen-bond acceptors (Lipinski definition) is 10. The lowest BCUT2D eigenvalue weighted by Gasteiger charge is -2.12. The molecular formula is C25H24N6O4S2. The maximum Gasteiger partial charge on any atom is 0.308 e. The van der Waals surface area contributed by atoms with Crippen LogP contribution < -0.4 is 0 Å². The van der Waals surface area contributed by atoms with Crippen molar-refractivity contribution >= 4 is 32.9 Å². The standard InChI is InChI=1S/C25H24N6O4S2/c1-13-14(2)36-24-21(13)22(27-19(12-20(32)35-4)23-30-29-15(3)31(23)24)17-8-6-16(7-9-17)18-10-11-26-25(28-18)37(5,33)34/h6-11,19H,12H2,1-5H3/t19-/m0/s1. The highest BCUT2D eigenvalue weighted by molar-refractivity contribution is 7.90. The van der Waals surface area contributed by atoms with Crippen LogP contribution in [0.5, 0.6) is 0 Å². The van der Waals surface area contributed by atoms with Crippen molar-refractivity contribution in [2.75, 3.05) is 13.4 Å². The number of thiophene rings is 1. The summed E-state index contributed by atoms with van der Waals surface area (Å²) < 4.78 is 30.7. The van der Waals surface area contributed by atoms with Gasteiger partial charge in [-0.15, -0.1) is 21.5 Å². The molecule has 1 aromatic carbocycles. The molecule has 3 aromatic heterocycles. The molecule has 0 spiro atoms. The molecule has 0 radical (unpaired) electrons. The number of aromatic nitrogens is 5. The minimum absolute atomic E-state index is 0.0262. The Balaban J connectivity index is 1.65. The van der Waals surface area contributed by atoms with Gasteiger partial charge in [-0.1, -0.05) is 24.3 Å². The quantitative estimate of drug-likeness (QED) is 0.280. The second-order valence-electron chi connectivity index (χ2n) is 8.75. The molecule has 12 heteroatoms. The number of benzene rings is 1. The fourth-order valence-corrected chi connectivity index (χ4v) is 5.98. The van der Waals surface area contributed by atoms with Crippen LogP contribution in [-0.2, 0) is 19.4 Å². The molecule has 4 heterocycles. The Morgan fingerprint density at radius 2 is 1.78 bits per heavy atom. The van der Waals surface area contributed by atoms with Crippen LogP contribution in [0.2, 0.25) is 0 Å². The van der Waals surface area contributed by atoms with Crippen molar-refractivity contribution in [1.82, 2.24) is 24.7 Å². The van der Waals surface area contributed by atoms with Crippen molar-refractivity contribution in [3.8, 4) is 16.3 Å². The highest BCUT2D eigenvalue weighted by Crippen LogP contribution is 2.39. The van der Waals surface area contributed by atoms with Crippen LogP contribution in [-0.4, -0.2) is 58.2 Å². The third-order valence-electron chi connectivity index (χ3n) is 6.25. The minimum atomic E-state index is -3.53. The van der Waals surface area contributed by atoms with Crippen molar-refractivity contribution < 1.29 is 17.9 Å². The van der Waals surface area contributed by atoms with Crippen molar-refractivity contribution in [1.29, 1.82) is 0 Å². The van der Waals surface area contributed by atoms with Gasteiger partial charge in [0.25, 0.3) is 0 Å². The van der Waals surface area contributed by atoms with E-state index < -0.39 is 15.9 Å². The third-order valence-corrected chi connectivity index (χ3v) is 8.30. The van der Waals surface area contributed by atoms with Crippen LogP contribution in [0.15, 0.2) is 46.7 Å². The maximum absolute atomic E-state index is 12.3. The van der Waals surface area contributed by atoms with Crippen molar-refractivity contribution in [3.05, 3.63) is 69.7 Å². The van der Waals surface area contributed by atoms with Gasteiger partial charge >= 0.3 is 5.97 Å². The predicted octanol–water partition coefficient (Wildman–Crippen LogP) is 3.57. The van der Waals surface area contributed by atoms with Gasteiger partial charge < -0.3 is 4.74 Å². The van der Waals surface area contributed by atoms with E-state index in [1.807, 2.05) is 35.8 Å². The molecule has 0 fully saturated rings. The Morgan fingerprint density at radius 1 is 1.08 bits per heavy atom. The molecule has 4 aromatic rings. The van der Waals surface area contributed by atoms with Crippen LogP contribution in [0.25, 0.3) is 16.3 Å². The van der Waals surface area contributed by atoms with Crippen LogP contribution in [0, 0.1) is 20.8 Å². The summed E-state index contributed by atoms with van der Waals surface area (Å²) >= 11 is 1.63. The smallest absolute Gasteiger partial charge is 0.308 e. The summed E-state index contributed by atoms with van der Waals surface area (Å²) in [6.45, 7) is 6.00. The molecule has 1 atom stereocenters. The molecule has 0 aliphatic carbocycles. The Hall–Kier alpha value is -3.77. The van der Waals surface area contributed by atoms with Crippen molar-refractivity contribution in [2.45, 2.75) is 38.4 Å². The number of rotatable bonds is 5. The molecule has 0 bridgehead atoms. The average Bonchev–Trinajstić information content (AvgIpc) is 3.35. The molecule has 10 nitrogen and oxygen atoms in total. The summed E-state index contributed by atoms with van der Waals surface area (Å²) in [4.78, 5) is 26.6. The maximum atomic E-state index is 12.3. The monoisotopic (exact) mass is 536 g/mol. The lowest BCUT2D eigenvalue weighted by molar-refractivity contribution is -0.141. The fourth-order valence-electron chi connectivity index (χ4n) is 4.25. The number of fused-ring (bicyclic) bond motifs is 3. The van der Waals surface area contributed by atoms with E-state index in [1.165, 1.54) is 13.3 Å². The number of ether oxygens (including phenoxy) is 1. The highest BCUT2D eigenvalue weighted by atomic mass is 32.2. The number of esters is 1. The Bertz CT molecular complexity index is 1670. The second kappa shape index (κ2) is 9.27. The van der Waals surface area contributed by atoms with Crippen molar-refractivity contribution in [3.63, 3.8) is 0 Å². The third kappa shape index (κ3) is 4.46. The first-order chi connectivity index (χ1) is 17.6. The average molecular weight is 537 g/mol. The van der Waals surface area contributed by atoms with Crippen LogP contribution in [0.3, 0.4) is 0 Å². The van der Waals surface area contributed by atoms with Gasteiger partial charge in [-0.2, -0.15) is 0 Å². The van der Waals surface area contributed by atoms with Gasteiger partial charge in [0.2, 0.25) is 15.0 Å². The zero-order valence-electron chi connectivity index (χ0n) is 20.9. The molecule has 0 N–H and O–H groups in total. The zero-order chi connectivity index (χ0) is 26.5. The fraction of sp³-hybridized carbons (Fsp3) is 0.280. The van der Waals surface area contributed by atoms with E-state index in [0.29, 0.717) is 17.3 Å². The number of carbonyl (C=O) groups is 1. The minimum Gasteiger partial charge on any atom is -0.469 e. The number of hydrogen-bond donors (Lipinski definition) is 0. The molecule has 5 rings (SSSR count). The molecule has 1 aliphatic heterocycles. The summed E-state index contributed by atoms with van der Waals surface area (Å²) in [6, 6.07) is 8.65. The summed E-state index contributed by atoms with van der Waals surface area (Å²) in [6.07, 6.45) is 2.54. The van der Waals surface area contributed by atoms with Gasteiger partial charge in [0, 0.05) is 34.0 Å². The molecule has 0 saturated carbocycles. The topological polar surface area (TPSA) is 129 Å². The second-order valence-corrected chi connectivity index (χ2v) is 11.9. The normalized spacial score (nSPS) is 14.9. The van der Waals surface area contributed by atoms with E-state index in [2.05, 4.69) is 34.0 Å². The lowest BCUT2D eigenvalue weighted by Crippen LogP contribution is -2.12. The van der Waals surface area contributed by atoms with Crippen LogP contribution >= 0.6 is 11.3 Å². The molecular weight excluding hydrogens is 512 g/mol. The zero-order valence-corrected chi connectivity index (χ0v) is 22.5. The summed E-state index contributed by atoms with van der Waals surface area (Å²) in [5.74, 6) is 0.912. The van der Waals surface area contributed by atoms with Gasteiger partial charge in [-0.05, 0) is 32.4 Å². The van der Waals surface area contributed by atoms with Gasteiger partial charge in [-0.25, -0.2) is 18.4 Å². The molecule has 0 unspecified atom stereocenters. The number of nitrogens with zero attached hydrogens (tertiary/aromatic N) is 6. The number of methoxy groups -OCH3 is 1. The molecule has 1 aliphatic rings. The Labute approximate surface area is 218 Å². The van der Waals surface area contributed by atoms with Crippen LogP contribution in [0.1, 0.15) is 45.7 Å². The lowest BCUT2D eigenvalue weighted by atomic mass is 9.98. The van der Waals surface area contributed by atoms with Gasteiger partial charge in [0.05, 0.1) is 24.9 Å². The number of carbonyl (C=O) groups excluding carboxylic acids is 1. The molecule has 37 heavy (non-hydrogen) atoms. The van der Waals surface area contributed by atoms with Crippen molar-refractivity contribution in [2.24, 2.45) is 4.99 Å². The number of aryl methyl sites for hydroxylation is 2. The highest BCUT2D eigenvalue weighted by Gasteiger charge is 2.32. The summed E-state index contributed by atoms with van der Waals surface area (Å²) in [7, 11) is -2.18. The molecule has 0 saturated heterocycles. The van der Waals surface area contributed by atoms with E-state index in [-0.39, 0.29) is 17.5 Å². The molecule has 0 amide bonds.